The Morgan fingerprint density at radius 3 is 2.78 bits per heavy atom. The third-order valence-corrected chi connectivity index (χ3v) is 2.73. The first-order valence-corrected chi connectivity index (χ1v) is 6.08. The van der Waals surface area contributed by atoms with Gasteiger partial charge in [-0.3, -0.25) is 5.10 Å². The molecule has 0 aliphatic heterocycles. The highest BCUT2D eigenvalue weighted by atomic mass is 15.2. The molecule has 1 atom stereocenters. The van der Waals surface area contributed by atoms with Crippen LogP contribution >= 0.6 is 0 Å². The molecule has 2 N–H and O–H groups in total. The Morgan fingerprint density at radius 1 is 1.39 bits per heavy atom. The first kappa shape index (κ1) is 12.8. The number of imidazole rings is 1. The van der Waals surface area contributed by atoms with Crippen molar-refractivity contribution in [2.45, 2.75) is 45.8 Å². The molecule has 2 aromatic rings. The van der Waals surface area contributed by atoms with E-state index in [0.717, 1.165) is 18.1 Å². The third-order valence-electron chi connectivity index (χ3n) is 2.73. The minimum atomic E-state index is 0.0975. The second kappa shape index (κ2) is 4.89. The molecule has 6 nitrogen and oxygen atoms in total. The van der Waals surface area contributed by atoms with Gasteiger partial charge >= 0.3 is 0 Å². The minimum Gasteiger partial charge on any atom is -0.327 e. The SMILES string of the molecule is CC(c1ncn[nH]1)n1cnc(CNC(C)(C)C)c1. The summed E-state index contributed by atoms with van der Waals surface area (Å²) in [6.07, 6.45) is 5.38. The Labute approximate surface area is 107 Å². The van der Waals surface area contributed by atoms with Crippen LogP contribution < -0.4 is 5.32 Å². The van der Waals surface area contributed by atoms with Gasteiger partial charge in [-0.2, -0.15) is 5.10 Å². The molecule has 2 heterocycles. The highest BCUT2D eigenvalue weighted by Crippen LogP contribution is 2.13. The van der Waals surface area contributed by atoms with Crippen molar-refractivity contribution in [3.05, 3.63) is 30.4 Å². The zero-order valence-corrected chi connectivity index (χ0v) is 11.3. The van der Waals surface area contributed by atoms with Crippen LogP contribution in [0.2, 0.25) is 0 Å². The zero-order chi connectivity index (χ0) is 13.2. The summed E-state index contributed by atoms with van der Waals surface area (Å²) in [4.78, 5) is 8.54. The summed E-state index contributed by atoms with van der Waals surface area (Å²) in [5.74, 6) is 0.836. The summed E-state index contributed by atoms with van der Waals surface area (Å²) in [6, 6.07) is 0.114. The van der Waals surface area contributed by atoms with Crippen molar-refractivity contribution in [3.8, 4) is 0 Å². The second-order valence-corrected chi connectivity index (χ2v) is 5.46. The lowest BCUT2D eigenvalue weighted by atomic mass is 10.1. The van der Waals surface area contributed by atoms with E-state index in [-0.39, 0.29) is 11.6 Å². The number of nitrogens with zero attached hydrogens (tertiary/aromatic N) is 4. The molecule has 6 heteroatoms. The van der Waals surface area contributed by atoms with Crippen LogP contribution in [-0.4, -0.2) is 30.3 Å². The molecule has 0 aliphatic carbocycles. The molecule has 0 saturated heterocycles. The van der Waals surface area contributed by atoms with E-state index in [1.54, 1.807) is 0 Å². The Bertz CT molecular complexity index is 479. The lowest BCUT2D eigenvalue weighted by Gasteiger charge is -2.19. The quantitative estimate of drug-likeness (QED) is 0.860. The summed E-state index contributed by atoms with van der Waals surface area (Å²) in [6.45, 7) is 9.24. The molecule has 0 bridgehead atoms. The monoisotopic (exact) mass is 248 g/mol. The maximum Gasteiger partial charge on any atom is 0.147 e. The zero-order valence-electron chi connectivity index (χ0n) is 11.3. The summed E-state index contributed by atoms with van der Waals surface area (Å²) in [5, 5.41) is 10.2. The first-order chi connectivity index (χ1) is 8.46. The van der Waals surface area contributed by atoms with Crippen molar-refractivity contribution in [2.24, 2.45) is 0 Å². The highest BCUT2D eigenvalue weighted by Gasteiger charge is 2.13. The maximum atomic E-state index is 4.39. The predicted octanol–water partition coefficient (Wildman–Crippen LogP) is 1.50. The van der Waals surface area contributed by atoms with Crippen LogP contribution in [0.4, 0.5) is 0 Å². The fourth-order valence-corrected chi connectivity index (χ4v) is 1.60. The third kappa shape index (κ3) is 3.16. The van der Waals surface area contributed by atoms with E-state index in [4.69, 9.17) is 0 Å². The topological polar surface area (TPSA) is 71.4 Å². The van der Waals surface area contributed by atoms with Crippen LogP contribution in [0.1, 0.15) is 45.3 Å². The molecule has 98 valence electrons. The van der Waals surface area contributed by atoms with Crippen LogP contribution in [0.15, 0.2) is 18.9 Å². The van der Waals surface area contributed by atoms with Gasteiger partial charge in [0.1, 0.15) is 12.2 Å². The summed E-state index contributed by atoms with van der Waals surface area (Å²) >= 11 is 0. The van der Waals surface area contributed by atoms with Crippen molar-refractivity contribution in [3.63, 3.8) is 0 Å². The van der Waals surface area contributed by atoms with Crippen molar-refractivity contribution >= 4 is 0 Å². The first-order valence-electron chi connectivity index (χ1n) is 6.08. The van der Waals surface area contributed by atoms with Gasteiger partial charge in [0.2, 0.25) is 0 Å². The number of hydrogen-bond acceptors (Lipinski definition) is 4. The molecule has 0 spiro atoms. The molecular formula is C12H20N6. The van der Waals surface area contributed by atoms with Crippen molar-refractivity contribution in [2.75, 3.05) is 0 Å². The van der Waals surface area contributed by atoms with E-state index < -0.39 is 0 Å². The van der Waals surface area contributed by atoms with E-state index in [1.807, 2.05) is 17.1 Å². The second-order valence-electron chi connectivity index (χ2n) is 5.46. The van der Waals surface area contributed by atoms with Gasteiger partial charge in [-0.1, -0.05) is 0 Å². The normalized spacial score (nSPS) is 13.8. The largest absolute Gasteiger partial charge is 0.327 e. The molecule has 0 aliphatic rings. The molecule has 0 aromatic carbocycles. The van der Waals surface area contributed by atoms with Crippen LogP contribution in [0, 0.1) is 0 Å². The number of H-pyrrole nitrogens is 1. The fourth-order valence-electron chi connectivity index (χ4n) is 1.60. The average molecular weight is 248 g/mol. The molecule has 0 radical (unpaired) electrons. The smallest absolute Gasteiger partial charge is 0.147 e. The Hall–Kier alpha value is -1.69. The van der Waals surface area contributed by atoms with E-state index in [2.05, 4.69) is 53.2 Å². The molecular weight excluding hydrogens is 228 g/mol. The van der Waals surface area contributed by atoms with Crippen LogP contribution in [0.3, 0.4) is 0 Å². The molecule has 0 amide bonds. The van der Waals surface area contributed by atoms with Gasteiger partial charge in [-0.25, -0.2) is 9.97 Å². The van der Waals surface area contributed by atoms with E-state index in [9.17, 15) is 0 Å². The Kier molecular flexibility index (Phi) is 3.47. The number of nitrogens with one attached hydrogen (secondary N) is 2. The summed E-state index contributed by atoms with van der Waals surface area (Å²) in [5.41, 5.74) is 1.12. The van der Waals surface area contributed by atoms with Gasteiger partial charge in [0.25, 0.3) is 0 Å². The van der Waals surface area contributed by atoms with Crippen LogP contribution in [-0.2, 0) is 6.54 Å². The Balaban J connectivity index is 2.02. The lowest BCUT2D eigenvalue weighted by Crippen LogP contribution is -2.35. The lowest BCUT2D eigenvalue weighted by molar-refractivity contribution is 0.421. The number of hydrogen-bond donors (Lipinski definition) is 2. The minimum absolute atomic E-state index is 0.0975. The standard InChI is InChI=1S/C12H20N6/c1-9(11-13-7-16-17-11)18-6-10(14-8-18)5-15-12(2,3)4/h6-9,15H,5H2,1-4H3,(H,13,16,17). The molecule has 18 heavy (non-hydrogen) atoms. The molecule has 0 saturated carbocycles. The van der Waals surface area contributed by atoms with Crippen LogP contribution in [0.5, 0.6) is 0 Å². The summed E-state index contributed by atoms with van der Waals surface area (Å²) < 4.78 is 2.03. The molecule has 0 fully saturated rings. The van der Waals surface area contributed by atoms with Gasteiger partial charge in [0.05, 0.1) is 18.1 Å². The number of rotatable bonds is 4. The van der Waals surface area contributed by atoms with Gasteiger partial charge in [0.15, 0.2) is 0 Å². The van der Waals surface area contributed by atoms with E-state index in [1.165, 1.54) is 6.33 Å². The predicted molar refractivity (Wildman–Crippen MR) is 69.0 cm³/mol. The van der Waals surface area contributed by atoms with Gasteiger partial charge in [0, 0.05) is 18.3 Å². The highest BCUT2D eigenvalue weighted by molar-refractivity contribution is 5.02. The number of aromatic amines is 1. The van der Waals surface area contributed by atoms with Crippen molar-refractivity contribution in [1.29, 1.82) is 0 Å². The van der Waals surface area contributed by atoms with Gasteiger partial charge < -0.3 is 9.88 Å². The average Bonchev–Trinajstić information content (AvgIpc) is 2.96. The van der Waals surface area contributed by atoms with Crippen molar-refractivity contribution in [1.82, 2.24) is 30.0 Å². The summed E-state index contributed by atoms with van der Waals surface area (Å²) in [7, 11) is 0. The Morgan fingerprint density at radius 2 is 2.17 bits per heavy atom. The van der Waals surface area contributed by atoms with E-state index >= 15 is 0 Å². The van der Waals surface area contributed by atoms with Crippen LogP contribution in [0.25, 0.3) is 0 Å². The number of aromatic nitrogens is 5. The fraction of sp³-hybridized carbons (Fsp3) is 0.583. The van der Waals surface area contributed by atoms with Crippen molar-refractivity contribution < 1.29 is 0 Å². The van der Waals surface area contributed by atoms with Gasteiger partial charge in [-0.15, -0.1) is 0 Å². The molecule has 1 unspecified atom stereocenters. The van der Waals surface area contributed by atoms with E-state index in [0.29, 0.717) is 0 Å². The van der Waals surface area contributed by atoms with Gasteiger partial charge in [-0.05, 0) is 27.7 Å². The molecule has 2 rings (SSSR count). The molecule has 2 aromatic heterocycles. The maximum absolute atomic E-state index is 4.39.